The van der Waals surface area contributed by atoms with Gasteiger partial charge < -0.3 is 10.3 Å². The second-order valence-electron chi connectivity index (χ2n) is 5.75. The summed E-state index contributed by atoms with van der Waals surface area (Å²) in [6.07, 6.45) is 0.531. The predicted octanol–water partition coefficient (Wildman–Crippen LogP) is 1.53. The fourth-order valence-corrected chi connectivity index (χ4v) is 3.73. The monoisotopic (exact) mass is 393 g/mol. The first-order valence-corrected chi connectivity index (χ1v) is 8.40. The highest BCUT2D eigenvalue weighted by molar-refractivity contribution is 9.09. The molecule has 124 valence electrons. The molecule has 1 unspecified atom stereocenters. The number of rotatable bonds is 2. The molecule has 8 nitrogen and oxygen atoms in total. The Hall–Kier alpha value is -2.55. The highest BCUT2D eigenvalue weighted by Crippen LogP contribution is 2.44. The maximum absolute atomic E-state index is 12.3. The summed E-state index contributed by atoms with van der Waals surface area (Å²) in [5, 5.41) is 23.3. The van der Waals surface area contributed by atoms with E-state index < -0.39 is 11.8 Å². The van der Waals surface area contributed by atoms with E-state index in [1.54, 1.807) is 12.1 Å². The fraction of sp³-hybridized carbons (Fsp3) is 0.267. The number of aromatic nitrogens is 2. The minimum absolute atomic E-state index is 0.0117. The van der Waals surface area contributed by atoms with Crippen LogP contribution in [0.4, 0.5) is 0 Å². The number of amides is 2. The quantitative estimate of drug-likeness (QED) is 0.347. The summed E-state index contributed by atoms with van der Waals surface area (Å²) in [5.41, 5.74) is 1.09. The number of nitrogens with one attached hydrogen (secondary N) is 1. The predicted molar refractivity (Wildman–Crippen MR) is 87.0 cm³/mol. The molecule has 1 atom stereocenters. The van der Waals surface area contributed by atoms with Gasteiger partial charge in [0.1, 0.15) is 0 Å². The van der Waals surface area contributed by atoms with Crippen molar-refractivity contribution >= 4 is 55.6 Å². The van der Waals surface area contributed by atoms with Crippen molar-refractivity contribution in [3.8, 4) is 5.88 Å². The molecular weight excluding hydrogens is 382 g/mol. The van der Waals surface area contributed by atoms with Gasteiger partial charge in [-0.1, -0.05) is 22.0 Å². The molecule has 3 heterocycles. The van der Waals surface area contributed by atoms with Gasteiger partial charge in [0.25, 0.3) is 0 Å². The highest BCUT2D eigenvalue weighted by Gasteiger charge is 2.35. The molecular formula is C15H12BrN3O5. The first kappa shape index (κ1) is 15.0. The van der Waals surface area contributed by atoms with Crippen molar-refractivity contribution in [2.45, 2.75) is 18.8 Å². The van der Waals surface area contributed by atoms with E-state index in [9.17, 15) is 24.7 Å². The summed E-state index contributed by atoms with van der Waals surface area (Å²) in [6, 6.07) is 3.35. The van der Waals surface area contributed by atoms with Crippen LogP contribution >= 0.6 is 15.9 Å². The van der Waals surface area contributed by atoms with Gasteiger partial charge in [-0.2, -0.15) is 0 Å². The molecule has 9 heteroatoms. The number of halogens is 1. The number of hydrogen-bond donors (Lipinski definition) is 3. The van der Waals surface area contributed by atoms with Crippen LogP contribution in [-0.2, 0) is 9.59 Å². The average Bonchev–Trinajstić information content (AvgIpc) is 2.94. The molecule has 1 saturated heterocycles. The molecule has 3 N–H and O–H groups in total. The molecule has 1 fully saturated rings. The van der Waals surface area contributed by atoms with Gasteiger partial charge >= 0.3 is 0 Å². The molecule has 4 bridgehead atoms. The van der Waals surface area contributed by atoms with Gasteiger partial charge in [0, 0.05) is 11.8 Å². The summed E-state index contributed by atoms with van der Waals surface area (Å²) in [7, 11) is 0. The Bertz CT molecular complexity index is 1020. The van der Waals surface area contributed by atoms with Gasteiger partial charge in [-0.15, -0.1) is 4.73 Å². The van der Waals surface area contributed by atoms with Crippen LogP contribution in [-0.4, -0.2) is 42.7 Å². The van der Waals surface area contributed by atoms with Gasteiger partial charge in [0.15, 0.2) is 5.65 Å². The second kappa shape index (κ2) is 4.97. The topological polar surface area (TPSA) is 114 Å². The number of carbonyl (C=O) groups excluding carboxylic acids is 3. The smallest absolute Gasteiger partial charge is 0.243 e. The summed E-state index contributed by atoms with van der Waals surface area (Å²) < 4.78 is 1.85. The Kier molecular flexibility index (Phi) is 3.11. The van der Waals surface area contributed by atoms with Crippen LogP contribution < -0.4 is 5.32 Å². The summed E-state index contributed by atoms with van der Waals surface area (Å²) >= 11 is 3.10. The third-order valence-electron chi connectivity index (χ3n) is 4.49. The second-order valence-corrected chi connectivity index (χ2v) is 6.31. The third-order valence-corrected chi connectivity index (χ3v) is 4.97. The molecule has 2 aromatic heterocycles. The number of hydrogen-bond acceptors (Lipinski definition) is 5. The molecule has 0 spiro atoms. The number of aromatic hydroxyl groups is 1. The van der Waals surface area contributed by atoms with Gasteiger partial charge in [0.2, 0.25) is 23.6 Å². The average molecular weight is 394 g/mol. The van der Waals surface area contributed by atoms with Crippen LogP contribution in [0.5, 0.6) is 5.88 Å². The van der Waals surface area contributed by atoms with Crippen molar-refractivity contribution in [2.75, 3.05) is 5.33 Å². The number of imide groups is 1. The molecule has 1 aliphatic rings. The lowest BCUT2D eigenvalue weighted by molar-refractivity contribution is -0.134. The van der Waals surface area contributed by atoms with Gasteiger partial charge in [0.05, 0.1) is 22.2 Å². The Labute approximate surface area is 143 Å². The Morgan fingerprint density at radius 3 is 2.79 bits per heavy atom. The van der Waals surface area contributed by atoms with Gasteiger partial charge in [-0.05, 0) is 18.1 Å². The molecule has 1 aliphatic heterocycles. The minimum Gasteiger partial charge on any atom is -0.492 e. The maximum Gasteiger partial charge on any atom is 0.243 e. The number of nitrogens with zero attached hydrogens (tertiary/aromatic N) is 2. The standard InChI is InChI=1S/C15H12BrN3O5/c16-5-10(21)18-12-6(7-3-4-9(20)17-13(7)22)1-2-8-11(12)15(23)19(24)14(8)18/h1-2,7,23-24H,3-5H2,(H,17,20,22). The van der Waals surface area contributed by atoms with E-state index in [0.717, 1.165) is 0 Å². The SMILES string of the molecule is O=C1CCC(c2ccc3c4c(O)n(O)c3n(C(=O)CBr)c24)C(=O)N1. The number of alkyl halides is 1. The van der Waals surface area contributed by atoms with Crippen LogP contribution in [0.3, 0.4) is 0 Å². The summed E-state index contributed by atoms with van der Waals surface area (Å²) in [5.74, 6) is -2.07. The summed E-state index contributed by atoms with van der Waals surface area (Å²) in [4.78, 5) is 35.9. The Morgan fingerprint density at radius 1 is 1.38 bits per heavy atom. The molecule has 0 aliphatic carbocycles. The number of benzene rings is 1. The van der Waals surface area contributed by atoms with Crippen molar-refractivity contribution in [3.63, 3.8) is 0 Å². The van der Waals surface area contributed by atoms with Crippen LogP contribution in [0.25, 0.3) is 21.9 Å². The molecule has 4 rings (SSSR count). The molecule has 0 radical (unpaired) electrons. The zero-order valence-corrected chi connectivity index (χ0v) is 13.8. The van der Waals surface area contributed by atoms with Crippen molar-refractivity contribution in [2.24, 2.45) is 0 Å². The molecule has 24 heavy (non-hydrogen) atoms. The van der Waals surface area contributed by atoms with Crippen LogP contribution in [0.1, 0.15) is 29.1 Å². The van der Waals surface area contributed by atoms with Gasteiger partial charge in [-0.3, -0.25) is 24.3 Å². The molecule has 3 aromatic rings. The first-order valence-electron chi connectivity index (χ1n) is 7.27. The van der Waals surface area contributed by atoms with Crippen molar-refractivity contribution in [3.05, 3.63) is 17.7 Å². The van der Waals surface area contributed by atoms with E-state index in [2.05, 4.69) is 21.2 Å². The zero-order valence-electron chi connectivity index (χ0n) is 12.2. The first-order chi connectivity index (χ1) is 11.5. The van der Waals surface area contributed by atoms with Crippen molar-refractivity contribution in [1.29, 1.82) is 0 Å². The molecule has 1 aromatic carbocycles. The maximum atomic E-state index is 12.3. The molecule has 0 saturated carbocycles. The van der Waals surface area contributed by atoms with E-state index in [4.69, 9.17) is 0 Å². The lowest BCUT2D eigenvalue weighted by Crippen LogP contribution is -2.39. The lowest BCUT2D eigenvalue weighted by atomic mass is 9.89. The fourth-order valence-electron chi connectivity index (χ4n) is 3.48. The van der Waals surface area contributed by atoms with E-state index in [0.29, 0.717) is 33.0 Å². The summed E-state index contributed by atoms with van der Waals surface area (Å²) in [6.45, 7) is 0. The Morgan fingerprint density at radius 2 is 2.12 bits per heavy atom. The normalized spacial score (nSPS) is 18.6. The minimum atomic E-state index is -0.603. The van der Waals surface area contributed by atoms with Gasteiger partial charge in [-0.25, -0.2) is 0 Å². The van der Waals surface area contributed by atoms with Crippen molar-refractivity contribution < 1.29 is 24.7 Å². The van der Waals surface area contributed by atoms with E-state index in [1.807, 2.05) is 0 Å². The lowest BCUT2D eigenvalue weighted by Gasteiger charge is -2.22. The largest absolute Gasteiger partial charge is 0.492 e. The van der Waals surface area contributed by atoms with E-state index >= 15 is 0 Å². The Balaban J connectivity index is 2.02. The number of carbonyl (C=O) groups is 3. The van der Waals surface area contributed by atoms with Crippen LogP contribution in [0.15, 0.2) is 12.1 Å². The highest BCUT2D eigenvalue weighted by atomic mass is 79.9. The third kappa shape index (κ3) is 1.75. The number of piperidine rings is 1. The van der Waals surface area contributed by atoms with E-state index in [1.165, 1.54) is 4.57 Å². The van der Waals surface area contributed by atoms with Crippen molar-refractivity contribution in [1.82, 2.24) is 14.6 Å². The molecule has 2 amide bonds. The van der Waals surface area contributed by atoms with Crippen LogP contribution in [0, 0.1) is 0 Å². The zero-order chi connectivity index (χ0) is 17.2. The van der Waals surface area contributed by atoms with E-state index in [-0.39, 0.29) is 35.1 Å². The van der Waals surface area contributed by atoms with Crippen LogP contribution in [0.2, 0.25) is 0 Å².